The topological polar surface area (TPSA) is 43.8 Å². The van der Waals surface area contributed by atoms with Crippen LogP contribution >= 0.6 is 15.9 Å². The van der Waals surface area contributed by atoms with Gasteiger partial charge in [0, 0.05) is 29.8 Å². The van der Waals surface area contributed by atoms with Gasteiger partial charge in [-0.1, -0.05) is 35.0 Å². The highest BCUT2D eigenvalue weighted by Crippen LogP contribution is 2.21. The van der Waals surface area contributed by atoms with Crippen molar-refractivity contribution in [3.63, 3.8) is 0 Å². The Morgan fingerprint density at radius 1 is 1.33 bits per heavy atom. The van der Waals surface area contributed by atoms with Crippen molar-refractivity contribution in [1.29, 1.82) is 0 Å². The lowest BCUT2D eigenvalue weighted by Gasteiger charge is -2.19. The van der Waals surface area contributed by atoms with E-state index in [0.717, 1.165) is 23.1 Å². The molecule has 18 heavy (non-hydrogen) atoms. The minimum atomic E-state index is 0.169. The average Bonchev–Trinajstić information content (AvgIpc) is 2.82. The number of hydrogen-bond acceptors (Lipinski definition) is 2. The highest BCUT2D eigenvalue weighted by molar-refractivity contribution is 9.10. The third-order valence-corrected chi connectivity index (χ3v) is 3.56. The number of halogens is 1. The van der Waals surface area contributed by atoms with E-state index in [1.807, 2.05) is 12.4 Å². The Bertz CT molecular complexity index is 490. The first-order chi connectivity index (χ1) is 8.76. The molecule has 1 unspecified atom stereocenters. The van der Waals surface area contributed by atoms with Crippen LogP contribution in [0, 0.1) is 0 Å². The largest absolute Gasteiger partial charge is 0.328 e. The monoisotopic (exact) mass is 307 g/mol. The second-order valence-electron chi connectivity index (χ2n) is 4.30. The van der Waals surface area contributed by atoms with Crippen LogP contribution in [0.2, 0.25) is 0 Å². The molecule has 0 bridgehead atoms. The lowest BCUT2D eigenvalue weighted by molar-refractivity contribution is 0.561. The van der Waals surface area contributed by atoms with E-state index in [1.165, 1.54) is 5.56 Å². The predicted molar refractivity (Wildman–Crippen MR) is 77.6 cm³/mol. The van der Waals surface area contributed by atoms with Crippen molar-refractivity contribution in [2.24, 2.45) is 5.73 Å². The fraction of sp³-hybridized carbons (Fsp3) is 0.357. The molecular formula is C14H18BrN3. The van der Waals surface area contributed by atoms with Crippen LogP contribution in [0.4, 0.5) is 0 Å². The smallest absolute Gasteiger partial charge is 0.109 e. The molecule has 0 aliphatic heterocycles. The highest BCUT2D eigenvalue weighted by atomic mass is 79.9. The van der Waals surface area contributed by atoms with E-state index in [4.69, 9.17) is 5.73 Å². The standard InChI is InChI=1S/C14H18BrN3/c1-2-3-14-17-8-9-18(14)13(10-16)11-4-6-12(15)7-5-11/h4-9,13H,2-3,10,16H2,1H3. The summed E-state index contributed by atoms with van der Waals surface area (Å²) in [4.78, 5) is 4.42. The molecule has 2 N–H and O–H groups in total. The molecule has 0 radical (unpaired) electrons. The van der Waals surface area contributed by atoms with Gasteiger partial charge >= 0.3 is 0 Å². The molecule has 2 aromatic rings. The van der Waals surface area contributed by atoms with E-state index in [2.05, 4.69) is 56.7 Å². The number of imidazole rings is 1. The molecule has 1 aromatic carbocycles. The fourth-order valence-electron chi connectivity index (χ4n) is 2.14. The van der Waals surface area contributed by atoms with Gasteiger partial charge in [0.05, 0.1) is 6.04 Å². The summed E-state index contributed by atoms with van der Waals surface area (Å²) in [5.74, 6) is 1.11. The van der Waals surface area contributed by atoms with Crippen LogP contribution < -0.4 is 5.73 Å². The molecule has 0 aliphatic carbocycles. The van der Waals surface area contributed by atoms with E-state index >= 15 is 0 Å². The Balaban J connectivity index is 2.32. The van der Waals surface area contributed by atoms with Crippen LogP contribution in [-0.4, -0.2) is 16.1 Å². The summed E-state index contributed by atoms with van der Waals surface area (Å²) in [7, 11) is 0. The van der Waals surface area contributed by atoms with Gasteiger partial charge in [0.25, 0.3) is 0 Å². The van der Waals surface area contributed by atoms with E-state index in [-0.39, 0.29) is 6.04 Å². The maximum atomic E-state index is 5.94. The van der Waals surface area contributed by atoms with Crippen LogP contribution in [0.5, 0.6) is 0 Å². The second kappa shape index (κ2) is 6.16. The van der Waals surface area contributed by atoms with Crippen LogP contribution in [0.1, 0.15) is 30.8 Å². The number of aromatic nitrogens is 2. The molecule has 0 saturated heterocycles. The molecule has 1 atom stereocenters. The highest BCUT2D eigenvalue weighted by Gasteiger charge is 2.14. The summed E-state index contributed by atoms with van der Waals surface area (Å²) in [5.41, 5.74) is 7.16. The van der Waals surface area contributed by atoms with Crippen molar-refractivity contribution < 1.29 is 0 Å². The maximum Gasteiger partial charge on any atom is 0.109 e. The van der Waals surface area contributed by atoms with Gasteiger partial charge in [-0.05, 0) is 24.1 Å². The first kappa shape index (κ1) is 13.3. The minimum absolute atomic E-state index is 0.169. The Labute approximate surface area is 116 Å². The van der Waals surface area contributed by atoms with Crippen LogP contribution in [0.25, 0.3) is 0 Å². The molecule has 0 spiro atoms. The number of benzene rings is 1. The Kier molecular flexibility index (Phi) is 4.55. The number of nitrogens with zero attached hydrogens (tertiary/aromatic N) is 2. The number of nitrogens with two attached hydrogens (primary N) is 1. The van der Waals surface area contributed by atoms with Gasteiger partial charge in [0.2, 0.25) is 0 Å². The third-order valence-electron chi connectivity index (χ3n) is 3.04. The van der Waals surface area contributed by atoms with Crippen molar-refractivity contribution >= 4 is 15.9 Å². The third kappa shape index (κ3) is 2.82. The van der Waals surface area contributed by atoms with Gasteiger partial charge in [-0.3, -0.25) is 0 Å². The molecule has 0 fully saturated rings. The Hall–Kier alpha value is -1.13. The second-order valence-corrected chi connectivity index (χ2v) is 5.22. The van der Waals surface area contributed by atoms with Crippen molar-refractivity contribution in [2.75, 3.05) is 6.54 Å². The first-order valence-corrected chi connectivity index (χ1v) is 7.02. The zero-order valence-corrected chi connectivity index (χ0v) is 12.1. The molecule has 0 saturated carbocycles. The lowest BCUT2D eigenvalue weighted by atomic mass is 10.1. The summed E-state index contributed by atoms with van der Waals surface area (Å²) in [6, 6.07) is 8.49. The summed E-state index contributed by atoms with van der Waals surface area (Å²) in [5, 5.41) is 0. The van der Waals surface area contributed by atoms with Gasteiger partial charge in [0.1, 0.15) is 5.82 Å². The van der Waals surface area contributed by atoms with Crippen LogP contribution in [0.15, 0.2) is 41.1 Å². The van der Waals surface area contributed by atoms with Gasteiger partial charge in [-0.25, -0.2) is 4.98 Å². The van der Waals surface area contributed by atoms with Crippen molar-refractivity contribution in [1.82, 2.24) is 9.55 Å². The first-order valence-electron chi connectivity index (χ1n) is 6.23. The van der Waals surface area contributed by atoms with E-state index in [9.17, 15) is 0 Å². The summed E-state index contributed by atoms with van der Waals surface area (Å²) < 4.78 is 3.27. The van der Waals surface area contributed by atoms with Crippen molar-refractivity contribution in [3.8, 4) is 0 Å². The zero-order chi connectivity index (χ0) is 13.0. The van der Waals surface area contributed by atoms with E-state index in [1.54, 1.807) is 0 Å². The molecule has 1 aromatic heterocycles. The van der Waals surface area contributed by atoms with Crippen LogP contribution in [-0.2, 0) is 6.42 Å². The normalized spacial score (nSPS) is 12.6. The minimum Gasteiger partial charge on any atom is -0.328 e. The molecule has 96 valence electrons. The average molecular weight is 308 g/mol. The van der Waals surface area contributed by atoms with E-state index in [0.29, 0.717) is 6.54 Å². The fourth-order valence-corrected chi connectivity index (χ4v) is 2.40. The van der Waals surface area contributed by atoms with Gasteiger partial charge < -0.3 is 10.3 Å². The van der Waals surface area contributed by atoms with Crippen LogP contribution in [0.3, 0.4) is 0 Å². The van der Waals surface area contributed by atoms with Gasteiger partial charge in [-0.15, -0.1) is 0 Å². The predicted octanol–water partition coefficient (Wildman–Crippen LogP) is 3.15. The van der Waals surface area contributed by atoms with Crippen molar-refractivity contribution in [3.05, 3.63) is 52.5 Å². The summed E-state index contributed by atoms with van der Waals surface area (Å²) in [6.07, 6.45) is 5.95. The molecule has 0 amide bonds. The van der Waals surface area contributed by atoms with Crippen molar-refractivity contribution in [2.45, 2.75) is 25.8 Å². The number of rotatable bonds is 5. The summed E-state index contributed by atoms with van der Waals surface area (Å²) >= 11 is 3.45. The molecule has 1 heterocycles. The molecular weight excluding hydrogens is 290 g/mol. The summed E-state index contributed by atoms with van der Waals surface area (Å²) in [6.45, 7) is 2.74. The maximum absolute atomic E-state index is 5.94. The SMILES string of the molecule is CCCc1nccn1C(CN)c1ccc(Br)cc1. The molecule has 0 aliphatic rings. The molecule has 4 heteroatoms. The quantitative estimate of drug-likeness (QED) is 0.922. The lowest BCUT2D eigenvalue weighted by Crippen LogP contribution is -2.21. The van der Waals surface area contributed by atoms with Gasteiger partial charge in [0.15, 0.2) is 0 Å². The Morgan fingerprint density at radius 2 is 2.06 bits per heavy atom. The Morgan fingerprint density at radius 3 is 2.67 bits per heavy atom. The zero-order valence-electron chi connectivity index (χ0n) is 10.5. The number of aryl methyl sites for hydroxylation is 1. The van der Waals surface area contributed by atoms with E-state index < -0.39 is 0 Å². The van der Waals surface area contributed by atoms with Gasteiger partial charge in [-0.2, -0.15) is 0 Å². The molecule has 3 nitrogen and oxygen atoms in total. The molecule has 2 rings (SSSR count). The number of hydrogen-bond donors (Lipinski definition) is 1.